The van der Waals surface area contributed by atoms with Crippen LogP contribution in [0.4, 0.5) is 5.82 Å². The molecule has 3 N–H and O–H groups in total. The van der Waals surface area contributed by atoms with Gasteiger partial charge in [-0.1, -0.05) is 42.0 Å². The number of nitrogens with one attached hydrogen (secondary N) is 2. The van der Waals surface area contributed by atoms with Crippen LogP contribution in [-0.4, -0.2) is 34.1 Å². The van der Waals surface area contributed by atoms with Crippen LogP contribution in [0.5, 0.6) is 0 Å². The van der Waals surface area contributed by atoms with Crippen LogP contribution in [-0.2, 0) is 5.54 Å². The van der Waals surface area contributed by atoms with Gasteiger partial charge in [-0.05, 0) is 37.5 Å². The number of aliphatic hydroxyl groups excluding tert-OH is 1. The molecule has 4 rings (SSSR count). The molecule has 1 aromatic heterocycles. The first-order chi connectivity index (χ1) is 14.1. The van der Waals surface area contributed by atoms with Gasteiger partial charge < -0.3 is 15.7 Å². The summed E-state index contributed by atoms with van der Waals surface area (Å²) in [5, 5.41) is 15.2. The normalized spacial score (nSPS) is 14.3. The van der Waals surface area contributed by atoms with E-state index in [0.717, 1.165) is 29.7 Å². The Kier molecular flexibility index (Phi) is 5.27. The largest absolute Gasteiger partial charge is 0.395 e. The predicted octanol–water partition coefficient (Wildman–Crippen LogP) is 3.28. The van der Waals surface area contributed by atoms with Gasteiger partial charge in [-0.15, -0.1) is 0 Å². The van der Waals surface area contributed by atoms with Crippen LogP contribution in [0.15, 0.2) is 60.9 Å². The number of carbonyl (C=O) groups excluding carboxylic acids is 1. The highest BCUT2D eigenvalue weighted by atomic mass is 16.3. The molecular weight excluding hydrogens is 364 g/mol. The standard InChI is InChI=1S/C23H24N4O2/c1-16-2-8-19(9-3-16)23(10-11-23)27-22(29)18-6-4-17(5-7-18)20-14-21(24-12-13-28)26-15-25-20/h2-9,14-15,28H,10-13H2,1H3,(H,27,29)(H,24,25,26). The van der Waals surface area contributed by atoms with Crippen LogP contribution < -0.4 is 10.6 Å². The minimum absolute atomic E-state index is 0.0349. The zero-order valence-corrected chi connectivity index (χ0v) is 16.4. The van der Waals surface area contributed by atoms with E-state index < -0.39 is 0 Å². The summed E-state index contributed by atoms with van der Waals surface area (Å²) in [6, 6.07) is 17.6. The van der Waals surface area contributed by atoms with Crippen molar-refractivity contribution < 1.29 is 9.90 Å². The van der Waals surface area contributed by atoms with Gasteiger partial charge in [0.05, 0.1) is 17.8 Å². The first-order valence-corrected chi connectivity index (χ1v) is 9.76. The summed E-state index contributed by atoms with van der Waals surface area (Å²) in [7, 11) is 0. The molecule has 29 heavy (non-hydrogen) atoms. The average molecular weight is 388 g/mol. The Labute approximate surface area is 170 Å². The van der Waals surface area contributed by atoms with E-state index in [9.17, 15) is 4.79 Å². The second-order valence-electron chi connectivity index (χ2n) is 7.42. The lowest BCUT2D eigenvalue weighted by atomic mass is 10.0. The van der Waals surface area contributed by atoms with Crippen molar-refractivity contribution in [3.05, 3.63) is 77.6 Å². The molecule has 6 nitrogen and oxygen atoms in total. The molecule has 0 atom stereocenters. The molecule has 0 radical (unpaired) electrons. The van der Waals surface area contributed by atoms with Crippen LogP contribution in [0.25, 0.3) is 11.3 Å². The minimum atomic E-state index is -0.233. The molecule has 148 valence electrons. The van der Waals surface area contributed by atoms with Crippen molar-refractivity contribution >= 4 is 11.7 Å². The lowest BCUT2D eigenvalue weighted by Crippen LogP contribution is -2.34. The molecule has 1 aliphatic rings. The zero-order chi connectivity index (χ0) is 20.3. The number of aliphatic hydroxyl groups is 1. The SMILES string of the molecule is Cc1ccc(C2(NC(=O)c3ccc(-c4cc(NCCO)ncn4)cc3)CC2)cc1. The van der Waals surface area contributed by atoms with Crippen LogP contribution in [0.3, 0.4) is 0 Å². The smallest absolute Gasteiger partial charge is 0.251 e. The summed E-state index contributed by atoms with van der Waals surface area (Å²) in [5.41, 5.74) is 4.42. The number of rotatable bonds is 7. The van der Waals surface area contributed by atoms with Crippen LogP contribution >= 0.6 is 0 Å². The third-order valence-corrected chi connectivity index (χ3v) is 5.23. The van der Waals surface area contributed by atoms with E-state index in [4.69, 9.17) is 5.11 Å². The van der Waals surface area contributed by atoms with E-state index in [2.05, 4.69) is 51.8 Å². The van der Waals surface area contributed by atoms with Crippen molar-refractivity contribution in [2.75, 3.05) is 18.5 Å². The van der Waals surface area contributed by atoms with E-state index in [1.807, 2.05) is 30.3 Å². The molecule has 0 aliphatic heterocycles. The number of carbonyl (C=O) groups is 1. The number of nitrogens with zero attached hydrogens (tertiary/aromatic N) is 2. The van der Waals surface area contributed by atoms with E-state index in [0.29, 0.717) is 17.9 Å². The van der Waals surface area contributed by atoms with E-state index >= 15 is 0 Å². The Morgan fingerprint density at radius 3 is 2.45 bits per heavy atom. The number of hydrogen-bond acceptors (Lipinski definition) is 5. The first-order valence-electron chi connectivity index (χ1n) is 9.76. The fourth-order valence-corrected chi connectivity index (χ4v) is 3.36. The van der Waals surface area contributed by atoms with Gasteiger partial charge in [0.25, 0.3) is 5.91 Å². The maximum Gasteiger partial charge on any atom is 0.251 e. The van der Waals surface area contributed by atoms with Crippen molar-refractivity contribution in [3.8, 4) is 11.3 Å². The Balaban J connectivity index is 1.47. The van der Waals surface area contributed by atoms with Gasteiger partial charge in [-0.2, -0.15) is 0 Å². The first kappa shape index (κ1) is 19.1. The zero-order valence-electron chi connectivity index (χ0n) is 16.4. The predicted molar refractivity (Wildman–Crippen MR) is 113 cm³/mol. The highest BCUT2D eigenvalue weighted by molar-refractivity contribution is 5.95. The Morgan fingerprint density at radius 1 is 1.07 bits per heavy atom. The third-order valence-electron chi connectivity index (χ3n) is 5.23. The Hall–Kier alpha value is -3.25. The molecule has 6 heteroatoms. The minimum Gasteiger partial charge on any atom is -0.395 e. The lowest BCUT2D eigenvalue weighted by molar-refractivity contribution is 0.0931. The molecule has 1 amide bonds. The number of hydrogen-bond donors (Lipinski definition) is 3. The maximum atomic E-state index is 12.8. The highest BCUT2D eigenvalue weighted by Gasteiger charge is 2.45. The van der Waals surface area contributed by atoms with Crippen LogP contribution in [0.1, 0.15) is 34.3 Å². The second-order valence-corrected chi connectivity index (χ2v) is 7.42. The van der Waals surface area contributed by atoms with Gasteiger partial charge in [-0.3, -0.25) is 4.79 Å². The molecule has 1 heterocycles. The second kappa shape index (κ2) is 8.01. The summed E-state index contributed by atoms with van der Waals surface area (Å²) < 4.78 is 0. The van der Waals surface area contributed by atoms with Gasteiger partial charge in [0.2, 0.25) is 0 Å². The summed E-state index contributed by atoms with van der Waals surface area (Å²) in [6.45, 7) is 2.53. The number of aromatic nitrogens is 2. The summed E-state index contributed by atoms with van der Waals surface area (Å²) >= 11 is 0. The van der Waals surface area contributed by atoms with Crippen molar-refractivity contribution in [1.82, 2.24) is 15.3 Å². The average Bonchev–Trinajstić information content (AvgIpc) is 3.53. The quantitative estimate of drug-likeness (QED) is 0.578. The van der Waals surface area contributed by atoms with E-state index in [1.54, 1.807) is 0 Å². The lowest BCUT2D eigenvalue weighted by Gasteiger charge is -2.18. The van der Waals surface area contributed by atoms with Gasteiger partial charge in [0.15, 0.2) is 0 Å². The summed E-state index contributed by atoms with van der Waals surface area (Å²) in [5.74, 6) is 0.585. The van der Waals surface area contributed by atoms with Crippen molar-refractivity contribution in [2.45, 2.75) is 25.3 Å². The van der Waals surface area contributed by atoms with Gasteiger partial charge in [-0.25, -0.2) is 9.97 Å². The third kappa shape index (κ3) is 4.27. The van der Waals surface area contributed by atoms with Crippen molar-refractivity contribution in [2.24, 2.45) is 0 Å². The van der Waals surface area contributed by atoms with Crippen LogP contribution in [0, 0.1) is 6.92 Å². The molecule has 0 saturated heterocycles. The molecule has 3 aromatic rings. The van der Waals surface area contributed by atoms with Gasteiger partial charge in [0, 0.05) is 23.7 Å². The fourth-order valence-electron chi connectivity index (χ4n) is 3.36. The number of anilines is 1. The number of benzene rings is 2. The monoisotopic (exact) mass is 388 g/mol. The number of aryl methyl sites for hydroxylation is 1. The highest BCUT2D eigenvalue weighted by Crippen LogP contribution is 2.45. The molecule has 1 saturated carbocycles. The van der Waals surface area contributed by atoms with Crippen molar-refractivity contribution in [1.29, 1.82) is 0 Å². The van der Waals surface area contributed by atoms with E-state index in [-0.39, 0.29) is 18.1 Å². The molecule has 1 fully saturated rings. The topological polar surface area (TPSA) is 87.1 Å². The van der Waals surface area contributed by atoms with Crippen molar-refractivity contribution in [3.63, 3.8) is 0 Å². The molecular formula is C23H24N4O2. The molecule has 0 bridgehead atoms. The van der Waals surface area contributed by atoms with Crippen LogP contribution in [0.2, 0.25) is 0 Å². The summed E-state index contributed by atoms with van der Waals surface area (Å²) in [4.78, 5) is 21.2. The molecule has 1 aliphatic carbocycles. The van der Waals surface area contributed by atoms with Gasteiger partial charge >= 0.3 is 0 Å². The maximum absolute atomic E-state index is 12.8. The molecule has 0 spiro atoms. The molecule has 0 unspecified atom stereocenters. The molecule has 2 aromatic carbocycles. The van der Waals surface area contributed by atoms with Gasteiger partial charge in [0.1, 0.15) is 12.1 Å². The summed E-state index contributed by atoms with van der Waals surface area (Å²) in [6.07, 6.45) is 3.41. The fraction of sp³-hybridized carbons (Fsp3) is 0.261. The van der Waals surface area contributed by atoms with E-state index in [1.165, 1.54) is 11.9 Å². The number of amides is 1. The Morgan fingerprint density at radius 2 is 1.79 bits per heavy atom. The Bertz CT molecular complexity index is 996.